The lowest BCUT2D eigenvalue weighted by Crippen LogP contribution is -2.52. The lowest BCUT2D eigenvalue weighted by Gasteiger charge is -2.47. The number of hydrogen-bond donors (Lipinski definition) is 0. The highest BCUT2D eigenvalue weighted by molar-refractivity contribution is 7.09. The first-order valence-corrected chi connectivity index (χ1v) is 10.9. The molecule has 7 heteroatoms. The van der Waals surface area contributed by atoms with E-state index in [4.69, 9.17) is 0 Å². The van der Waals surface area contributed by atoms with Gasteiger partial charge in [-0.2, -0.15) is 9.36 Å². The van der Waals surface area contributed by atoms with Crippen molar-refractivity contribution in [3.63, 3.8) is 0 Å². The Balaban J connectivity index is 1.35. The van der Waals surface area contributed by atoms with Crippen LogP contribution in [0, 0.1) is 5.41 Å². The number of aromatic nitrogens is 2. The van der Waals surface area contributed by atoms with Crippen LogP contribution in [0.1, 0.15) is 31.2 Å². The number of piperidine rings is 2. The molecule has 1 aromatic carbocycles. The molecule has 1 spiro atoms. The van der Waals surface area contributed by atoms with Crippen LogP contribution in [0.15, 0.2) is 30.3 Å². The molecule has 150 valence electrons. The fraction of sp³-hybridized carbons (Fsp3) is 0.571. The van der Waals surface area contributed by atoms with Gasteiger partial charge in [-0.3, -0.25) is 4.79 Å². The van der Waals surface area contributed by atoms with Crippen molar-refractivity contribution < 1.29 is 4.79 Å². The Morgan fingerprint density at radius 2 is 1.89 bits per heavy atom. The minimum Gasteiger partial charge on any atom is -0.347 e. The van der Waals surface area contributed by atoms with Crippen LogP contribution in [-0.2, 0) is 11.2 Å². The molecular weight excluding hydrogens is 370 g/mol. The molecule has 2 aromatic rings. The number of amides is 1. The fourth-order valence-electron chi connectivity index (χ4n) is 4.31. The standard InChI is InChI=1S/C21H29N5OS/c1-24(2)19-22-20(28-23-19)25-14-11-21(12-15-25)10-8-18(27)26(16-21)13-9-17-6-4-3-5-7-17/h3-7H,8-16H2,1-2H3. The number of rotatable bonds is 5. The lowest BCUT2D eigenvalue weighted by molar-refractivity contribution is -0.138. The van der Waals surface area contributed by atoms with Gasteiger partial charge in [-0.15, -0.1) is 0 Å². The van der Waals surface area contributed by atoms with Gasteiger partial charge in [0.2, 0.25) is 17.0 Å². The summed E-state index contributed by atoms with van der Waals surface area (Å²) in [4.78, 5) is 23.6. The Labute approximate surface area is 171 Å². The molecule has 6 nitrogen and oxygen atoms in total. The van der Waals surface area contributed by atoms with E-state index in [1.165, 1.54) is 17.1 Å². The van der Waals surface area contributed by atoms with E-state index in [0.717, 1.165) is 62.9 Å². The van der Waals surface area contributed by atoms with Crippen molar-refractivity contribution in [2.24, 2.45) is 5.41 Å². The molecule has 3 heterocycles. The molecular formula is C21H29N5OS. The largest absolute Gasteiger partial charge is 0.347 e. The third kappa shape index (κ3) is 4.14. The number of carbonyl (C=O) groups excluding carboxylic acids is 1. The van der Waals surface area contributed by atoms with Crippen LogP contribution in [0.25, 0.3) is 0 Å². The van der Waals surface area contributed by atoms with E-state index in [0.29, 0.717) is 12.3 Å². The van der Waals surface area contributed by atoms with Crippen molar-refractivity contribution >= 4 is 28.5 Å². The highest BCUT2D eigenvalue weighted by Gasteiger charge is 2.41. The molecule has 0 atom stereocenters. The first-order valence-electron chi connectivity index (χ1n) is 10.1. The molecule has 0 saturated carbocycles. The molecule has 2 saturated heterocycles. The molecule has 28 heavy (non-hydrogen) atoms. The van der Waals surface area contributed by atoms with E-state index >= 15 is 0 Å². The smallest absolute Gasteiger partial charge is 0.238 e. The van der Waals surface area contributed by atoms with Gasteiger partial charge in [0.15, 0.2) is 0 Å². The average Bonchev–Trinajstić information content (AvgIpc) is 3.21. The quantitative estimate of drug-likeness (QED) is 0.773. The third-order valence-corrected chi connectivity index (χ3v) is 6.93. The van der Waals surface area contributed by atoms with Gasteiger partial charge in [0, 0.05) is 58.2 Å². The molecule has 0 unspecified atom stereocenters. The minimum absolute atomic E-state index is 0.274. The van der Waals surface area contributed by atoms with Gasteiger partial charge in [-0.1, -0.05) is 30.3 Å². The zero-order valence-corrected chi connectivity index (χ0v) is 17.6. The van der Waals surface area contributed by atoms with Crippen molar-refractivity contribution in [2.45, 2.75) is 32.1 Å². The minimum atomic E-state index is 0.274. The van der Waals surface area contributed by atoms with Crippen molar-refractivity contribution in [1.29, 1.82) is 0 Å². The maximum atomic E-state index is 12.5. The summed E-state index contributed by atoms with van der Waals surface area (Å²) < 4.78 is 4.43. The van der Waals surface area contributed by atoms with Crippen LogP contribution in [0.5, 0.6) is 0 Å². The predicted molar refractivity (Wildman–Crippen MR) is 114 cm³/mol. The van der Waals surface area contributed by atoms with Gasteiger partial charge in [0.25, 0.3) is 0 Å². The molecule has 0 bridgehead atoms. The molecule has 0 aliphatic carbocycles. The second-order valence-corrected chi connectivity index (χ2v) is 9.04. The van der Waals surface area contributed by atoms with E-state index < -0.39 is 0 Å². The van der Waals surface area contributed by atoms with E-state index in [2.05, 4.69) is 43.4 Å². The maximum absolute atomic E-state index is 12.5. The molecule has 1 aromatic heterocycles. The summed E-state index contributed by atoms with van der Waals surface area (Å²) in [5.41, 5.74) is 1.58. The monoisotopic (exact) mass is 399 g/mol. The molecule has 2 aliphatic heterocycles. The molecule has 2 aliphatic rings. The fourth-order valence-corrected chi connectivity index (χ4v) is 5.10. The summed E-state index contributed by atoms with van der Waals surface area (Å²) in [6.45, 7) is 3.74. The van der Waals surface area contributed by atoms with Crippen molar-refractivity contribution in [3.8, 4) is 0 Å². The highest BCUT2D eigenvalue weighted by Crippen LogP contribution is 2.41. The van der Waals surface area contributed by atoms with E-state index in [1.807, 2.05) is 25.1 Å². The Morgan fingerprint density at radius 3 is 2.57 bits per heavy atom. The normalized spacial score (nSPS) is 19.3. The summed E-state index contributed by atoms with van der Waals surface area (Å²) >= 11 is 1.48. The summed E-state index contributed by atoms with van der Waals surface area (Å²) in [6.07, 6.45) is 4.91. The zero-order valence-electron chi connectivity index (χ0n) is 16.8. The van der Waals surface area contributed by atoms with Gasteiger partial charge >= 0.3 is 0 Å². The topological polar surface area (TPSA) is 52.6 Å². The zero-order chi connectivity index (χ0) is 19.6. The Hall–Kier alpha value is -2.15. The Morgan fingerprint density at radius 1 is 1.14 bits per heavy atom. The van der Waals surface area contributed by atoms with Crippen molar-refractivity contribution in [2.75, 3.05) is 50.1 Å². The number of nitrogens with zero attached hydrogens (tertiary/aromatic N) is 5. The predicted octanol–water partition coefficient (Wildman–Crippen LogP) is 3.06. The molecule has 4 rings (SSSR count). The van der Waals surface area contributed by atoms with Gasteiger partial charge in [-0.05, 0) is 36.7 Å². The van der Waals surface area contributed by atoms with Crippen molar-refractivity contribution in [1.82, 2.24) is 14.3 Å². The second-order valence-electron chi connectivity index (χ2n) is 8.31. The molecule has 0 N–H and O–H groups in total. The maximum Gasteiger partial charge on any atom is 0.238 e. The highest BCUT2D eigenvalue weighted by atomic mass is 32.1. The first kappa shape index (κ1) is 19.2. The summed E-state index contributed by atoms with van der Waals surface area (Å²) in [5.74, 6) is 1.11. The Bertz CT molecular complexity index is 798. The number of likely N-dealkylation sites (tertiary alicyclic amines) is 1. The number of carbonyl (C=O) groups is 1. The SMILES string of the molecule is CN(C)c1nsc(N2CCC3(CCC(=O)N(CCc4ccccc4)C3)CC2)n1. The van der Waals surface area contributed by atoms with E-state index in [-0.39, 0.29) is 5.41 Å². The van der Waals surface area contributed by atoms with Gasteiger partial charge in [-0.25, -0.2) is 0 Å². The van der Waals surface area contributed by atoms with Crippen LogP contribution in [0.3, 0.4) is 0 Å². The molecule has 1 amide bonds. The van der Waals surface area contributed by atoms with Gasteiger partial charge in [0.1, 0.15) is 0 Å². The van der Waals surface area contributed by atoms with Crippen LogP contribution in [-0.4, -0.2) is 60.4 Å². The van der Waals surface area contributed by atoms with Crippen molar-refractivity contribution in [3.05, 3.63) is 35.9 Å². The average molecular weight is 400 g/mol. The van der Waals surface area contributed by atoms with Gasteiger partial charge in [0.05, 0.1) is 0 Å². The molecule has 2 fully saturated rings. The van der Waals surface area contributed by atoms with Gasteiger partial charge < -0.3 is 14.7 Å². The second kappa shape index (κ2) is 8.07. The summed E-state index contributed by atoms with van der Waals surface area (Å²) in [6, 6.07) is 10.5. The summed E-state index contributed by atoms with van der Waals surface area (Å²) in [5, 5.41) is 1.02. The Kier molecular flexibility index (Phi) is 5.53. The number of anilines is 2. The van der Waals surface area contributed by atoms with E-state index in [1.54, 1.807) is 0 Å². The van der Waals surface area contributed by atoms with Crippen LogP contribution in [0.2, 0.25) is 0 Å². The number of hydrogen-bond acceptors (Lipinski definition) is 6. The summed E-state index contributed by atoms with van der Waals surface area (Å²) in [7, 11) is 3.94. The molecule has 0 radical (unpaired) electrons. The van der Waals surface area contributed by atoms with Crippen LogP contribution >= 0.6 is 11.5 Å². The van der Waals surface area contributed by atoms with Crippen LogP contribution < -0.4 is 9.80 Å². The number of benzene rings is 1. The third-order valence-electron chi connectivity index (χ3n) is 6.16. The van der Waals surface area contributed by atoms with E-state index in [9.17, 15) is 4.79 Å². The van der Waals surface area contributed by atoms with Crippen LogP contribution in [0.4, 0.5) is 11.1 Å². The first-order chi connectivity index (χ1) is 13.5. The lowest BCUT2D eigenvalue weighted by atomic mass is 9.72.